The highest BCUT2D eigenvalue weighted by atomic mass is 19.3. The highest BCUT2D eigenvalue weighted by molar-refractivity contribution is 6.06. The highest BCUT2D eigenvalue weighted by Gasteiger charge is 2.37. The van der Waals surface area contributed by atoms with Gasteiger partial charge in [0, 0.05) is 80.5 Å². The number of carbonyl (C=O) groups excluding carboxylic acids is 1. The zero-order chi connectivity index (χ0) is 27.6. The Morgan fingerprint density at radius 2 is 1.74 bits per heavy atom. The minimum atomic E-state index is -2.82. The van der Waals surface area contributed by atoms with E-state index in [1.165, 1.54) is 12.4 Å². The molecule has 2 aromatic heterocycles. The van der Waals surface area contributed by atoms with Gasteiger partial charge < -0.3 is 16.0 Å². The van der Waals surface area contributed by atoms with Crippen LogP contribution < -0.4 is 16.0 Å². The summed E-state index contributed by atoms with van der Waals surface area (Å²) in [5, 5.41) is 3.59. The summed E-state index contributed by atoms with van der Waals surface area (Å²) in [6.07, 6.45) is 0.867. The molecule has 1 unspecified atom stereocenters. The van der Waals surface area contributed by atoms with E-state index >= 15 is 0 Å². The number of carbonyl (C=O) groups is 1. The fourth-order valence-corrected chi connectivity index (χ4v) is 5.18. The number of alkyl halides is 4. The lowest BCUT2D eigenvalue weighted by Crippen LogP contribution is -2.45. The van der Waals surface area contributed by atoms with Crippen molar-refractivity contribution in [3.63, 3.8) is 0 Å². The first-order valence-corrected chi connectivity index (χ1v) is 13.1. The number of pyridine rings is 1. The Balaban J connectivity index is 1.34. The van der Waals surface area contributed by atoms with Crippen molar-refractivity contribution in [1.82, 2.24) is 25.2 Å². The van der Waals surface area contributed by atoms with E-state index in [0.29, 0.717) is 22.0 Å². The van der Waals surface area contributed by atoms with Crippen LogP contribution in [0.5, 0.6) is 0 Å². The number of likely N-dealkylation sites (tertiary alicyclic amines) is 1. The number of rotatable bonds is 7. The minimum Gasteiger partial charge on any atom is -0.356 e. The van der Waals surface area contributed by atoms with Gasteiger partial charge in [0.2, 0.25) is 0 Å². The quantitative estimate of drug-likeness (QED) is 0.432. The average molecular weight is 546 g/mol. The van der Waals surface area contributed by atoms with Crippen molar-refractivity contribution >= 4 is 22.6 Å². The van der Waals surface area contributed by atoms with Gasteiger partial charge in [-0.25, -0.2) is 32.5 Å². The molecule has 4 heterocycles. The standard InChI is InChI=1S/C27H31F4N7O/c28-24(29)25-33-14-17(15-34-25)22(37-12-8-27(30,31)9-13-37)16-35-26(39)20-2-1-3-21-19(20)4-5-23(36-21)38-10-6-18(32)7-11-38/h1-5,14-15,18,22,24H,6-13,16,32H2,(H,35,39). The molecular weight excluding hydrogens is 514 g/mol. The van der Waals surface area contributed by atoms with Crippen LogP contribution in [-0.2, 0) is 0 Å². The molecule has 12 heteroatoms. The summed E-state index contributed by atoms with van der Waals surface area (Å²) >= 11 is 0. The van der Waals surface area contributed by atoms with Gasteiger partial charge in [0.1, 0.15) is 5.82 Å². The van der Waals surface area contributed by atoms with Gasteiger partial charge >= 0.3 is 0 Å². The number of halogens is 4. The van der Waals surface area contributed by atoms with Gasteiger partial charge in [-0.1, -0.05) is 6.07 Å². The second-order valence-corrected chi connectivity index (χ2v) is 10.2. The van der Waals surface area contributed by atoms with Gasteiger partial charge in [0.15, 0.2) is 5.82 Å². The molecule has 5 rings (SSSR count). The number of anilines is 1. The molecule has 1 aromatic carbocycles. The molecule has 1 atom stereocenters. The molecule has 0 spiro atoms. The predicted molar refractivity (Wildman–Crippen MR) is 139 cm³/mol. The first-order valence-electron chi connectivity index (χ1n) is 13.1. The molecule has 2 aliphatic heterocycles. The van der Waals surface area contributed by atoms with E-state index in [-0.39, 0.29) is 44.4 Å². The second-order valence-electron chi connectivity index (χ2n) is 10.2. The zero-order valence-corrected chi connectivity index (χ0v) is 21.4. The molecule has 2 aliphatic rings. The van der Waals surface area contributed by atoms with E-state index in [9.17, 15) is 22.4 Å². The molecule has 3 aromatic rings. The van der Waals surface area contributed by atoms with Crippen molar-refractivity contribution in [3.05, 3.63) is 59.7 Å². The lowest BCUT2D eigenvalue weighted by atomic mass is 10.0. The summed E-state index contributed by atoms with van der Waals surface area (Å²) in [5.74, 6) is -2.88. The summed E-state index contributed by atoms with van der Waals surface area (Å²) < 4.78 is 53.6. The van der Waals surface area contributed by atoms with Crippen LogP contribution in [0.4, 0.5) is 23.4 Å². The van der Waals surface area contributed by atoms with Crippen molar-refractivity contribution in [2.75, 3.05) is 37.6 Å². The molecule has 0 bridgehead atoms. The van der Waals surface area contributed by atoms with Gasteiger partial charge in [-0.15, -0.1) is 0 Å². The summed E-state index contributed by atoms with van der Waals surface area (Å²) in [5.41, 5.74) is 7.60. The minimum absolute atomic E-state index is 0.0672. The Kier molecular flexibility index (Phi) is 7.94. The van der Waals surface area contributed by atoms with Crippen molar-refractivity contribution in [1.29, 1.82) is 0 Å². The molecule has 0 saturated carbocycles. The number of fused-ring (bicyclic) bond motifs is 1. The third-order valence-corrected chi connectivity index (χ3v) is 7.52. The van der Waals surface area contributed by atoms with E-state index in [1.807, 2.05) is 18.2 Å². The number of piperidine rings is 2. The van der Waals surface area contributed by atoms with Gasteiger partial charge in [0.25, 0.3) is 18.3 Å². The molecule has 39 heavy (non-hydrogen) atoms. The van der Waals surface area contributed by atoms with Gasteiger partial charge in [-0.05, 0) is 37.1 Å². The van der Waals surface area contributed by atoms with E-state index in [4.69, 9.17) is 10.7 Å². The van der Waals surface area contributed by atoms with Crippen LogP contribution in [0, 0.1) is 0 Å². The van der Waals surface area contributed by atoms with E-state index in [2.05, 4.69) is 20.2 Å². The Hall–Kier alpha value is -3.38. The second kappa shape index (κ2) is 11.4. The zero-order valence-electron chi connectivity index (χ0n) is 21.4. The third kappa shape index (κ3) is 6.27. The van der Waals surface area contributed by atoms with Gasteiger partial charge in [0.05, 0.1) is 11.6 Å². The van der Waals surface area contributed by atoms with Crippen LogP contribution in [0.1, 0.15) is 59.9 Å². The first kappa shape index (κ1) is 27.2. The molecule has 0 aliphatic carbocycles. The fraction of sp³-hybridized carbons (Fsp3) is 0.481. The van der Waals surface area contributed by atoms with Crippen molar-refractivity contribution in [2.24, 2.45) is 5.73 Å². The Labute approximate surface area is 223 Å². The summed E-state index contributed by atoms with van der Waals surface area (Å²) in [4.78, 5) is 29.5. The van der Waals surface area contributed by atoms with Crippen LogP contribution >= 0.6 is 0 Å². The summed E-state index contributed by atoms with van der Waals surface area (Å²) in [6, 6.07) is 8.75. The van der Waals surface area contributed by atoms with Crippen molar-refractivity contribution in [3.8, 4) is 0 Å². The molecule has 2 fully saturated rings. The Morgan fingerprint density at radius 1 is 1.05 bits per heavy atom. The lowest BCUT2D eigenvalue weighted by Gasteiger charge is -2.37. The number of aromatic nitrogens is 3. The normalized spacial score (nSPS) is 19.4. The monoisotopic (exact) mass is 545 g/mol. The van der Waals surface area contributed by atoms with Crippen molar-refractivity contribution < 1.29 is 22.4 Å². The Morgan fingerprint density at radius 3 is 2.41 bits per heavy atom. The van der Waals surface area contributed by atoms with Crippen LogP contribution in [0.15, 0.2) is 42.7 Å². The number of hydrogen-bond donors (Lipinski definition) is 2. The lowest BCUT2D eigenvalue weighted by molar-refractivity contribution is -0.0632. The van der Waals surface area contributed by atoms with Crippen molar-refractivity contribution in [2.45, 2.75) is 50.1 Å². The summed E-state index contributed by atoms with van der Waals surface area (Å²) in [7, 11) is 0. The van der Waals surface area contributed by atoms with Crippen LogP contribution in [0.25, 0.3) is 10.9 Å². The SMILES string of the molecule is NC1CCN(c2ccc3c(C(=O)NCC(c4cnc(C(F)F)nc4)N4CCC(F)(F)CC4)cccc3n2)CC1. The van der Waals surface area contributed by atoms with Gasteiger partial charge in [-0.3, -0.25) is 9.69 Å². The summed E-state index contributed by atoms with van der Waals surface area (Å²) in [6.45, 7) is 1.90. The van der Waals surface area contributed by atoms with E-state index in [1.54, 1.807) is 17.0 Å². The maximum absolute atomic E-state index is 13.8. The van der Waals surface area contributed by atoms with E-state index < -0.39 is 24.2 Å². The van der Waals surface area contributed by atoms with Crippen LogP contribution in [-0.4, -0.2) is 70.4 Å². The highest BCUT2D eigenvalue weighted by Crippen LogP contribution is 2.32. The largest absolute Gasteiger partial charge is 0.356 e. The smallest absolute Gasteiger partial charge is 0.297 e. The van der Waals surface area contributed by atoms with Crippen LogP contribution in [0.2, 0.25) is 0 Å². The van der Waals surface area contributed by atoms with Gasteiger partial charge in [-0.2, -0.15) is 0 Å². The van der Waals surface area contributed by atoms with Crippen LogP contribution in [0.3, 0.4) is 0 Å². The van der Waals surface area contributed by atoms with E-state index in [0.717, 1.165) is 31.7 Å². The Bertz CT molecular complexity index is 1290. The maximum Gasteiger partial charge on any atom is 0.297 e. The molecule has 208 valence electrons. The number of nitrogens with one attached hydrogen (secondary N) is 1. The fourth-order valence-electron chi connectivity index (χ4n) is 5.18. The molecule has 8 nitrogen and oxygen atoms in total. The topological polar surface area (TPSA) is 100 Å². The number of nitrogens with zero attached hydrogens (tertiary/aromatic N) is 5. The molecule has 2 saturated heterocycles. The number of amides is 1. The third-order valence-electron chi connectivity index (χ3n) is 7.52. The maximum atomic E-state index is 13.8. The molecular formula is C27H31F4N7O. The number of nitrogens with two attached hydrogens (primary N) is 1. The average Bonchev–Trinajstić information content (AvgIpc) is 2.93. The number of benzene rings is 1. The first-order chi connectivity index (χ1) is 18.7. The molecule has 3 N–H and O–H groups in total. The number of hydrogen-bond acceptors (Lipinski definition) is 7. The predicted octanol–water partition coefficient (Wildman–Crippen LogP) is 4.09. The molecule has 0 radical (unpaired) electrons. The molecule has 1 amide bonds.